The van der Waals surface area contributed by atoms with Crippen LogP contribution in [0.1, 0.15) is 31.2 Å². The number of benzene rings is 1. The molecule has 0 radical (unpaired) electrons. The summed E-state index contributed by atoms with van der Waals surface area (Å²) in [5.41, 5.74) is 8.11. The van der Waals surface area contributed by atoms with E-state index in [2.05, 4.69) is 5.32 Å². The molecule has 1 unspecified atom stereocenters. The predicted molar refractivity (Wildman–Crippen MR) is 83.2 cm³/mol. The topological polar surface area (TPSA) is 73.6 Å². The molecule has 1 aromatic rings. The van der Waals surface area contributed by atoms with Crippen LogP contribution in [0.4, 0.5) is 11.4 Å². The lowest BCUT2D eigenvalue weighted by Crippen LogP contribution is -2.25. The second-order valence-electron chi connectivity index (χ2n) is 5.44. The van der Waals surface area contributed by atoms with Crippen LogP contribution in [-0.4, -0.2) is 31.8 Å². The van der Waals surface area contributed by atoms with Crippen molar-refractivity contribution in [2.75, 3.05) is 30.9 Å². The van der Waals surface area contributed by atoms with Crippen LogP contribution in [-0.2, 0) is 14.3 Å². The highest BCUT2D eigenvalue weighted by atomic mass is 16.5. The standard InChI is InChI=1S/C16H24N2O3/c1-12-5-6-13(17)10-15(12)18-16(19)7-9-20-11-14-4-2-3-8-21-14/h5-6,10,14H,2-4,7-9,11,17H2,1H3,(H,18,19). The fraction of sp³-hybridized carbons (Fsp3) is 0.562. The molecule has 1 amide bonds. The van der Waals surface area contributed by atoms with Crippen LogP contribution in [0.5, 0.6) is 0 Å². The SMILES string of the molecule is Cc1ccc(N)cc1NC(=O)CCOCC1CCCCO1. The molecular formula is C16H24N2O3. The second-order valence-corrected chi connectivity index (χ2v) is 5.44. The normalized spacial score (nSPS) is 18.4. The molecule has 116 valence electrons. The van der Waals surface area contributed by atoms with Crippen molar-refractivity contribution < 1.29 is 14.3 Å². The average Bonchev–Trinajstić information content (AvgIpc) is 2.48. The summed E-state index contributed by atoms with van der Waals surface area (Å²) in [6.45, 7) is 3.74. The number of nitrogens with one attached hydrogen (secondary N) is 1. The Balaban J connectivity index is 1.66. The van der Waals surface area contributed by atoms with Crippen molar-refractivity contribution in [2.45, 2.75) is 38.7 Å². The third-order valence-corrected chi connectivity index (χ3v) is 3.59. The Hall–Kier alpha value is -1.59. The summed E-state index contributed by atoms with van der Waals surface area (Å²) in [5.74, 6) is -0.0618. The first kappa shape index (κ1) is 15.8. The Bertz CT molecular complexity index is 471. The van der Waals surface area contributed by atoms with Crippen LogP contribution in [0.2, 0.25) is 0 Å². The maximum atomic E-state index is 11.9. The van der Waals surface area contributed by atoms with Crippen LogP contribution >= 0.6 is 0 Å². The smallest absolute Gasteiger partial charge is 0.226 e. The number of hydrogen-bond acceptors (Lipinski definition) is 4. The average molecular weight is 292 g/mol. The van der Waals surface area contributed by atoms with Gasteiger partial charge in [-0.2, -0.15) is 0 Å². The molecule has 0 bridgehead atoms. The molecular weight excluding hydrogens is 268 g/mol. The fourth-order valence-corrected chi connectivity index (χ4v) is 2.31. The van der Waals surface area contributed by atoms with Gasteiger partial charge in [0.25, 0.3) is 0 Å². The van der Waals surface area contributed by atoms with E-state index in [1.165, 1.54) is 6.42 Å². The van der Waals surface area contributed by atoms with Crippen LogP contribution < -0.4 is 11.1 Å². The monoisotopic (exact) mass is 292 g/mol. The molecule has 2 rings (SSSR count). The molecule has 21 heavy (non-hydrogen) atoms. The molecule has 1 aliphatic rings. The summed E-state index contributed by atoms with van der Waals surface area (Å²) in [7, 11) is 0. The van der Waals surface area contributed by atoms with Gasteiger partial charge in [-0.05, 0) is 43.9 Å². The van der Waals surface area contributed by atoms with E-state index in [1.54, 1.807) is 6.07 Å². The van der Waals surface area contributed by atoms with Gasteiger partial charge in [0.05, 0.1) is 25.7 Å². The molecule has 1 atom stereocenters. The van der Waals surface area contributed by atoms with Crippen LogP contribution in [0.3, 0.4) is 0 Å². The van der Waals surface area contributed by atoms with Gasteiger partial charge in [0, 0.05) is 18.0 Å². The molecule has 1 saturated heterocycles. The van der Waals surface area contributed by atoms with E-state index >= 15 is 0 Å². The van der Waals surface area contributed by atoms with Gasteiger partial charge in [0.2, 0.25) is 5.91 Å². The molecule has 1 aromatic carbocycles. The molecule has 0 saturated carbocycles. The molecule has 0 aromatic heterocycles. The summed E-state index contributed by atoms with van der Waals surface area (Å²) in [6, 6.07) is 5.48. The first-order valence-electron chi connectivity index (χ1n) is 7.50. The van der Waals surface area contributed by atoms with Crippen LogP contribution in [0.15, 0.2) is 18.2 Å². The van der Waals surface area contributed by atoms with Crippen LogP contribution in [0.25, 0.3) is 0 Å². The second kappa shape index (κ2) is 8.00. The molecule has 3 N–H and O–H groups in total. The van der Waals surface area contributed by atoms with Gasteiger partial charge < -0.3 is 20.5 Å². The van der Waals surface area contributed by atoms with E-state index in [4.69, 9.17) is 15.2 Å². The number of hydrogen-bond donors (Lipinski definition) is 2. The van der Waals surface area contributed by atoms with Gasteiger partial charge in [0.1, 0.15) is 0 Å². The van der Waals surface area contributed by atoms with Gasteiger partial charge in [0.15, 0.2) is 0 Å². The highest BCUT2D eigenvalue weighted by Crippen LogP contribution is 2.18. The van der Waals surface area contributed by atoms with Crippen molar-refractivity contribution in [3.05, 3.63) is 23.8 Å². The third kappa shape index (κ3) is 5.36. The zero-order valence-electron chi connectivity index (χ0n) is 12.6. The molecule has 5 nitrogen and oxygen atoms in total. The Morgan fingerprint density at radius 3 is 3.10 bits per heavy atom. The third-order valence-electron chi connectivity index (χ3n) is 3.59. The highest BCUT2D eigenvalue weighted by molar-refractivity contribution is 5.92. The van der Waals surface area contributed by atoms with Gasteiger partial charge >= 0.3 is 0 Å². The maximum absolute atomic E-state index is 11.9. The lowest BCUT2D eigenvalue weighted by Gasteiger charge is -2.22. The lowest BCUT2D eigenvalue weighted by atomic mass is 10.1. The predicted octanol–water partition coefficient (Wildman–Crippen LogP) is 2.49. The summed E-state index contributed by atoms with van der Waals surface area (Å²) in [4.78, 5) is 11.9. The van der Waals surface area contributed by atoms with E-state index < -0.39 is 0 Å². The van der Waals surface area contributed by atoms with E-state index in [9.17, 15) is 4.79 Å². The number of carbonyl (C=O) groups is 1. The first-order valence-corrected chi connectivity index (χ1v) is 7.50. The Morgan fingerprint density at radius 1 is 1.48 bits per heavy atom. The van der Waals surface area contributed by atoms with E-state index in [1.807, 2.05) is 19.1 Å². The van der Waals surface area contributed by atoms with Crippen molar-refractivity contribution in [1.29, 1.82) is 0 Å². The van der Waals surface area contributed by atoms with Gasteiger partial charge in [-0.15, -0.1) is 0 Å². The molecule has 0 spiro atoms. The highest BCUT2D eigenvalue weighted by Gasteiger charge is 2.14. The number of nitrogens with two attached hydrogens (primary N) is 1. The Labute approximate surface area is 125 Å². The quantitative estimate of drug-likeness (QED) is 0.624. The minimum Gasteiger partial charge on any atom is -0.399 e. The van der Waals surface area contributed by atoms with Gasteiger partial charge in [-0.3, -0.25) is 4.79 Å². The Kier molecular flexibility index (Phi) is 6.02. The van der Waals surface area contributed by atoms with E-state index in [0.717, 1.165) is 30.7 Å². The first-order chi connectivity index (χ1) is 10.1. The number of carbonyl (C=O) groups excluding carboxylic acids is 1. The number of ether oxygens (including phenoxy) is 2. The van der Waals surface area contributed by atoms with Gasteiger partial charge in [-0.1, -0.05) is 6.07 Å². The summed E-state index contributed by atoms with van der Waals surface area (Å²) < 4.78 is 11.1. The summed E-state index contributed by atoms with van der Waals surface area (Å²) >= 11 is 0. The largest absolute Gasteiger partial charge is 0.399 e. The fourth-order valence-electron chi connectivity index (χ4n) is 2.31. The lowest BCUT2D eigenvalue weighted by molar-refractivity contribution is -0.117. The van der Waals surface area contributed by atoms with Crippen molar-refractivity contribution in [1.82, 2.24) is 0 Å². The Morgan fingerprint density at radius 2 is 2.33 bits per heavy atom. The summed E-state index contributed by atoms with van der Waals surface area (Å²) in [6.07, 6.45) is 3.91. The van der Waals surface area contributed by atoms with Crippen molar-refractivity contribution in [2.24, 2.45) is 0 Å². The number of rotatable bonds is 6. The minimum absolute atomic E-state index is 0.0618. The van der Waals surface area contributed by atoms with Gasteiger partial charge in [-0.25, -0.2) is 0 Å². The number of anilines is 2. The number of amides is 1. The molecule has 1 aliphatic heterocycles. The molecule has 5 heteroatoms. The zero-order chi connectivity index (χ0) is 15.1. The van der Waals surface area contributed by atoms with E-state index in [0.29, 0.717) is 25.3 Å². The number of aryl methyl sites for hydroxylation is 1. The van der Waals surface area contributed by atoms with Crippen LogP contribution in [0, 0.1) is 6.92 Å². The minimum atomic E-state index is -0.0618. The molecule has 0 aliphatic carbocycles. The zero-order valence-corrected chi connectivity index (χ0v) is 12.6. The molecule has 1 heterocycles. The summed E-state index contributed by atoms with van der Waals surface area (Å²) in [5, 5.41) is 2.86. The van der Waals surface area contributed by atoms with Crippen molar-refractivity contribution in [3.63, 3.8) is 0 Å². The molecule has 1 fully saturated rings. The van der Waals surface area contributed by atoms with E-state index in [-0.39, 0.29) is 12.0 Å². The number of nitrogen functional groups attached to an aromatic ring is 1. The van der Waals surface area contributed by atoms with Crippen molar-refractivity contribution in [3.8, 4) is 0 Å². The van der Waals surface area contributed by atoms with Crippen molar-refractivity contribution >= 4 is 17.3 Å². The maximum Gasteiger partial charge on any atom is 0.226 e.